The molecule has 0 aromatic rings. The lowest BCUT2D eigenvalue weighted by Gasteiger charge is -2.35. The number of thioether (sulfide) groups is 1. The molecule has 0 spiro atoms. The van der Waals surface area contributed by atoms with E-state index in [0.717, 1.165) is 12.5 Å². The van der Waals surface area contributed by atoms with Gasteiger partial charge >= 0.3 is 0 Å². The first-order valence-electron chi connectivity index (χ1n) is 6.23. The van der Waals surface area contributed by atoms with Crippen LogP contribution < -0.4 is 5.32 Å². The molecule has 0 amide bonds. The average Bonchev–Trinajstić information content (AvgIpc) is 2.15. The van der Waals surface area contributed by atoms with Gasteiger partial charge in [0.2, 0.25) is 0 Å². The lowest BCUT2D eigenvalue weighted by molar-refractivity contribution is 0.197. The van der Waals surface area contributed by atoms with Gasteiger partial charge in [-0.1, -0.05) is 41.5 Å². The second-order valence-corrected chi connectivity index (χ2v) is 6.69. The Morgan fingerprint density at radius 1 is 1.20 bits per heavy atom. The maximum atomic E-state index is 3.59. The molecule has 1 atom stereocenters. The molecule has 0 fully saturated rings. The Kier molecular flexibility index (Phi) is 7.72. The third kappa shape index (κ3) is 6.47. The van der Waals surface area contributed by atoms with Crippen molar-refractivity contribution in [2.45, 2.75) is 54.0 Å². The van der Waals surface area contributed by atoms with Gasteiger partial charge in [-0.25, -0.2) is 0 Å². The van der Waals surface area contributed by atoms with Crippen molar-refractivity contribution in [3.63, 3.8) is 0 Å². The van der Waals surface area contributed by atoms with Gasteiger partial charge in [0.1, 0.15) is 0 Å². The molecule has 15 heavy (non-hydrogen) atoms. The van der Waals surface area contributed by atoms with Gasteiger partial charge in [-0.05, 0) is 29.3 Å². The highest BCUT2D eigenvalue weighted by Crippen LogP contribution is 2.31. The van der Waals surface area contributed by atoms with Gasteiger partial charge in [0.15, 0.2) is 0 Å². The normalized spacial score (nSPS) is 16.0. The number of rotatable bonds is 8. The topological polar surface area (TPSA) is 12.0 Å². The first kappa shape index (κ1) is 15.3. The van der Waals surface area contributed by atoms with Gasteiger partial charge in [-0.2, -0.15) is 11.8 Å². The van der Waals surface area contributed by atoms with Crippen molar-refractivity contribution < 1.29 is 0 Å². The summed E-state index contributed by atoms with van der Waals surface area (Å²) >= 11 is 2.06. The SMILES string of the molecule is CCSCCC(C)(CNC(C)C)C(C)C. The van der Waals surface area contributed by atoms with E-state index in [1.54, 1.807) is 0 Å². The standard InChI is InChI=1S/C13H29NS/c1-7-15-9-8-13(6,11(2)3)10-14-12(4)5/h11-12,14H,7-10H2,1-6H3. The van der Waals surface area contributed by atoms with Crippen molar-refractivity contribution >= 4 is 11.8 Å². The van der Waals surface area contributed by atoms with E-state index < -0.39 is 0 Å². The number of nitrogens with one attached hydrogen (secondary N) is 1. The summed E-state index contributed by atoms with van der Waals surface area (Å²) < 4.78 is 0. The van der Waals surface area contributed by atoms with Gasteiger partial charge in [0.05, 0.1) is 0 Å². The van der Waals surface area contributed by atoms with Crippen LogP contribution in [0.2, 0.25) is 0 Å². The molecule has 0 heterocycles. The summed E-state index contributed by atoms with van der Waals surface area (Å²) in [6.07, 6.45) is 1.32. The van der Waals surface area contributed by atoms with Crippen LogP contribution in [0.3, 0.4) is 0 Å². The van der Waals surface area contributed by atoms with Crippen molar-refractivity contribution in [1.29, 1.82) is 0 Å². The molecule has 0 saturated carbocycles. The molecule has 0 rings (SSSR count). The van der Waals surface area contributed by atoms with Gasteiger partial charge in [0, 0.05) is 12.6 Å². The zero-order valence-corrected chi connectivity index (χ0v) is 12.2. The molecule has 0 bridgehead atoms. The predicted octanol–water partition coefficient (Wildman–Crippen LogP) is 3.79. The molecule has 0 aliphatic heterocycles. The first-order chi connectivity index (χ1) is 6.92. The fourth-order valence-electron chi connectivity index (χ4n) is 1.47. The highest BCUT2D eigenvalue weighted by Gasteiger charge is 2.27. The first-order valence-corrected chi connectivity index (χ1v) is 7.39. The van der Waals surface area contributed by atoms with Crippen LogP contribution in [0.25, 0.3) is 0 Å². The van der Waals surface area contributed by atoms with Crippen LogP contribution >= 0.6 is 11.8 Å². The summed E-state index contributed by atoms with van der Waals surface area (Å²) in [7, 11) is 0. The molecule has 92 valence electrons. The maximum absolute atomic E-state index is 3.59. The largest absolute Gasteiger partial charge is 0.314 e. The molecule has 2 heteroatoms. The van der Waals surface area contributed by atoms with Gasteiger partial charge < -0.3 is 5.32 Å². The smallest absolute Gasteiger partial charge is 0.00106 e. The fourth-order valence-corrected chi connectivity index (χ4v) is 2.37. The molecule has 0 aliphatic carbocycles. The van der Waals surface area contributed by atoms with E-state index in [1.807, 2.05) is 0 Å². The highest BCUT2D eigenvalue weighted by atomic mass is 32.2. The molecule has 0 aromatic carbocycles. The summed E-state index contributed by atoms with van der Waals surface area (Å²) in [6, 6.07) is 0.599. The van der Waals surface area contributed by atoms with Crippen LogP contribution in [-0.4, -0.2) is 24.1 Å². The number of hydrogen-bond acceptors (Lipinski definition) is 2. The summed E-state index contributed by atoms with van der Waals surface area (Å²) in [6.45, 7) is 14.9. The summed E-state index contributed by atoms with van der Waals surface area (Å²) in [5, 5.41) is 3.59. The zero-order valence-electron chi connectivity index (χ0n) is 11.4. The Morgan fingerprint density at radius 2 is 1.80 bits per heavy atom. The minimum atomic E-state index is 0.451. The van der Waals surface area contributed by atoms with Crippen molar-refractivity contribution in [1.82, 2.24) is 5.32 Å². The van der Waals surface area contributed by atoms with Crippen LogP contribution in [0.15, 0.2) is 0 Å². The molecular formula is C13H29NS. The molecule has 1 unspecified atom stereocenters. The highest BCUT2D eigenvalue weighted by molar-refractivity contribution is 7.99. The molecule has 0 saturated heterocycles. The Morgan fingerprint density at radius 3 is 2.20 bits per heavy atom. The number of hydrogen-bond donors (Lipinski definition) is 1. The Bertz CT molecular complexity index is 157. The van der Waals surface area contributed by atoms with Crippen LogP contribution in [0, 0.1) is 11.3 Å². The van der Waals surface area contributed by atoms with Gasteiger partial charge in [-0.3, -0.25) is 0 Å². The molecule has 1 nitrogen and oxygen atoms in total. The quantitative estimate of drug-likeness (QED) is 0.638. The van der Waals surface area contributed by atoms with Crippen LogP contribution in [0.4, 0.5) is 0 Å². The minimum absolute atomic E-state index is 0.451. The Labute approximate surface area is 101 Å². The second-order valence-electron chi connectivity index (χ2n) is 5.29. The van der Waals surface area contributed by atoms with Crippen molar-refractivity contribution in [2.24, 2.45) is 11.3 Å². The molecule has 1 N–H and O–H groups in total. The summed E-state index contributed by atoms with van der Waals surface area (Å²) in [5.41, 5.74) is 0.451. The van der Waals surface area contributed by atoms with Crippen LogP contribution in [0.5, 0.6) is 0 Å². The van der Waals surface area contributed by atoms with Crippen molar-refractivity contribution in [2.75, 3.05) is 18.1 Å². The van der Waals surface area contributed by atoms with E-state index >= 15 is 0 Å². The van der Waals surface area contributed by atoms with Crippen molar-refractivity contribution in [3.8, 4) is 0 Å². The van der Waals surface area contributed by atoms with E-state index in [-0.39, 0.29) is 0 Å². The lowest BCUT2D eigenvalue weighted by Crippen LogP contribution is -2.39. The van der Waals surface area contributed by atoms with Crippen LogP contribution in [-0.2, 0) is 0 Å². The third-order valence-corrected chi connectivity index (χ3v) is 4.23. The Hall–Kier alpha value is 0.310. The average molecular weight is 231 g/mol. The molecule has 0 aliphatic rings. The molecule has 0 aromatic heterocycles. The van der Waals surface area contributed by atoms with E-state index in [9.17, 15) is 0 Å². The van der Waals surface area contributed by atoms with Crippen LogP contribution in [0.1, 0.15) is 48.0 Å². The third-order valence-electron chi connectivity index (χ3n) is 3.33. The predicted molar refractivity (Wildman–Crippen MR) is 73.7 cm³/mol. The lowest BCUT2D eigenvalue weighted by atomic mass is 9.76. The van der Waals surface area contributed by atoms with Gasteiger partial charge in [-0.15, -0.1) is 0 Å². The monoisotopic (exact) mass is 231 g/mol. The maximum Gasteiger partial charge on any atom is 0.00106 e. The summed E-state index contributed by atoms with van der Waals surface area (Å²) in [5.74, 6) is 3.29. The van der Waals surface area contributed by atoms with Crippen molar-refractivity contribution in [3.05, 3.63) is 0 Å². The second kappa shape index (κ2) is 7.56. The zero-order chi connectivity index (χ0) is 11.9. The fraction of sp³-hybridized carbons (Fsp3) is 1.00. The minimum Gasteiger partial charge on any atom is -0.314 e. The summed E-state index contributed by atoms with van der Waals surface area (Å²) in [4.78, 5) is 0. The molecular weight excluding hydrogens is 202 g/mol. The van der Waals surface area contributed by atoms with E-state index in [2.05, 4.69) is 58.6 Å². The molecule has 0 radical (unpaired) electrons. The van der Waals surface area contributed by atoms with E-state index in [1.165, 1.54) is 17.9 Å². The van der Waals surface area contributed by atoms with E-state index in [4.69, 9.17) is 0 Å². The van der Waals surface area contributed by atoms with Gasteiger partial charge in [0.25, 0.3) is 0 Å². The Balaban J connectivity index is 4.07. The van der Waals surface area contributed by atoms with E-state index in [0.29, 0.717) is 11.5 Å².